The van der Waals surface area contributed by atoms with Gasteiger partial charge in [0, 0.05) is 32.7 Å². The Hall–Kier alpha value is -0.170. The first-order valence-electron chi connectivity index (χ1n) is 4.79. The fraction of sp³-hybridized carbons (Fsp3) is 1.00. The zero-order chi connectivity index (χ0) is 10.6. The zero-order valence-electron chi connectivity index (χ0n) is 8.48. The van der Waals surface area contributed by atoms with Gasteiger partial charge in [0.2, 0.25) is 10.0 Å². The van der Waals surface area contributed by atoms with E-state index in [1.807, 2.05) is 0 Å². The lowest BCUT2D eigenvalue weighted by Gasteiger charge is -2.32. The van der Waals surface area contributed by atoms with Crippen molar-refractivity contribution < 1.29 is 13.5 Å². The monoisotopic (exact) mass is 221 g/mol. The van der Waals surface area contributed by atoms with Crippen molar-refractivity contribution in [1.29, 1.82) is 0 Å². The molecule has 1 aliphatic rings. The van der Waals surface area contributed by atoms with Crippen LogP contribution in [0, 0.1) is 0 Å². The molecule has 0 aromatic heterocycles. The lowest BCUT2D eigenvalue weighted by atomic mass is 10.3. The van der Waals surface area contributed by atoms with Crippen molar-refractivity contribution in [3.05, 3.63) is 0 Å². The predicted molar refractivity (Wildman–Crippen MR) is 53.0 cm³/mol. The van der Waals surface area contributed by atoms with Crippen molar-refractivity contribution in [2.75, 3.05) is 45.6 Å². The van der Waals surface area contributed by atoms with Crippen molar-refractivity contribution in [1.82, 2.24) is 9.21 Å². The maximum Gasteiger partial charge on any atom is 0.211 e. The molecule has 0 atom stereocenters. The fourth-order valence-corrected chi connectivity index (χ4v) is 2.40. The standard InChI is InChI=1S/C8H17N2O3S/c1-14(12,13)10-6-4-9(5-7-10)3-2-8-11/h2-8H2,1H3. The Morgan fingerprint density at radius 2 is 1.71 bits per heavy atom. The van der Waals surface area contributed by atoms with E-state index in [1.165, 1.54) is 10.6 Å². The molecule has 0 aliphatic carbocycles. The molecular weight excluding hydrogens is 204 g/mol. The molecule has 0 aromatic rings. The number of hydrogen-bond acceptors (Lipinski definition) is 3. The number of nitrogens with zero attached hydrogens (tertiary/aromatic N) is 2. The van der Waals surface area contributed by atoms with Gasteiger partial charge in [-0.3, -0.25) is 0 Å². The first kappa shape index (κ1) is 11.9. The summed E-state index contributed by atoms with van der Waals surface area (Å²) in [5, 5.41) is 10.3. The van der Waals surface area contributed by atoms with Crippen LogP contribution in [0.5, 0.6) is 0 Å². The van der Waals surface area contributed by atoms with E-state index in [4.69, 9.17) is 0 Å². The summed E-state index contributed by atoms with van der Waals surface area (Å²) in [6.45, 7) is 3.34. The number of rotatable bonds is 4. The van der Waals surface area contributed by atoms with E-state index in [0.717, 1.165) is 19.6 Å². The number of piperazine rings is 1. The highest BCUT2D eigenvalue weighted by atomic mass is 32.2. The molecule has 0 bridgehead atoms. The molecular formula is C8H17N2O3S. The molecule has 0 aromatic carbocycles. The highest BCUT2D eigenvalue weighted by molar-refractivity contribution is 7.88. The number of sulfonamides is 1. The van der Waals surface area contributed by atoms with E-state index in [1.54, 1.807) is 0 Å². The van der Waals surface area contributed by atoms with Crippen molar-refractivity contribution in [3.63, 3.8) is 0 Å². The van der Waals surface area contributed by atoms with Crippen LogP contribution >= 0.6 is 0 Å². The van der Waals surface area contributed by atoms with Gasteiger partial charge in [-0.25, -0.2) is 13.5 Å². The third kappa shape index (κ3) is 3.53. The van der Waals surface area contributed by atoms with Crippen LogP contribution in [0.1, 0.15) is 6.42 Å². The van der Waals surface area contributed by atoms with Crippen LogP contribution in [0.15, 0.2) is 0 Å². The number of hydrogen-bond donors (Lipinski definition) is 0. The average Bonchev–Trinajstić information content (AvgIpc) is 2.14. The molecule has 0 saturated carbocycles. The minimum Gasteiger partial charge on any atom is -0.301 e. The summed E-state index contributed by atoms with van der Waals surface area (Å²) in [7, 11) is -3.02. The second kappa shape index (κ2) is 5.06. The van der Waals surface area contributed by atoms with E-state index < -0.39 is 10.0 Å². The summed E-state index contributed by atoms with van der Waals surface area (Å²) >= 11 is 0. The maximum atomic E-state index is 11.2. The lowest BCUT2D eigenvalue weighted by molar-refractivity contribution is 0.144. The van der Waals surface area contributed by atoms with E-state index in [0.29, 0.717) is 19.5 Å². The second-order valence-electron chi connectivity index (χ2n) is 3.56. The van der Waals surface area contributed by atoms with Gasteiger partial charge in [-0.2, -0.15) is 4.31 Å². The predicted octanol–water partition coefficient (Wildman–Crippen LogP) is -0.616. The first-order chi connectivity index (χ1) is 6.54. The van der Waals surface area contributed by atoms with Crippen molar-refractivity contribution in [2.45, 2.75) is 6.42 Å². The molecule has 1 saturated heterocycles. The topological polar surface area (TPSA) is 60.5 Å². The van der Waals surface area contributed by atoms with Crippen molar-refractivity contribution in [3.8, 4) is 0 Å². The van der Waals surface area contributed by atoms with Crippen molar-refractivity contribution in [2.24, 2.45) is 0 Å². The van der Waals surface area contributed by atoms with Crippen LogP contribution in [-0.4, -0.2) is 63.2 Å². The molecule has 0 N–H and O–H groups in total. The Morgan fingerprint density at radius 1 is 1.14 bits per heavy atom. The Bertz CT molecular complexity index is 258. The summed E-state index contributed by atoms with van der Waals surface area (Å²) < 4.78 is 23.8. The highest BCUT2D eigenvalue weighted by Gasteiger charge is 2.22. The molecule has 0 spiro atoms. The first-order valence-corrected chi connectivity index (χ1v) is 6.64. The van der Waals surface area contributed by atoms with Gasteiger partial charge in [-0.05, 0) is 6.42 Å². The SMILES string of the molecule is CS(=O)(=O)N1CCN(CCC[O])CC1. The summed E-state index contributed by atoms with van der Waals surface area (Å²) in [6.07, 6.45) is 1.89. The van der Waals surface area contributed by atoms with Crippen LogP contribution in [0.4, 0.5) is 0 Å². The fourth-order valence-electron chi connectivity index (χ4n) is 1.57. The zero-order valence-corrected chi connectivity index (χ0v) is 9.29. The molecule has 0 unspecified atom stereocenters. The van der Waals surface area contributed by atoms with E-state index in [9.17, 15) is 13.5 Å². The average molecular weight is 221 g/mol. The molecule has 1 heterocycles. The molecule has 6 heteroatoms. The molecule has 1 aliphatic heterocycles. The molecule has 14 heavy (non-hydrogen) atoms. The van der Waals surface area contributed by atoms with E-state index in [2.05, 4.69) is 4.90 Å². The quantitative estimate of drug-likeness (QED) is 0.636. The van der Waals surface area contributed by atoms with E-state index in [-0.39, 0.29) is 6.61 Å². The second-order valence-corrected chi connectivity index (χ2v) is 5.54. The van der Waals surface area contributed by atoms with Crippen LogP contribution in [-0.2, 0) is 15.1 Å². The van der Waals surface area contributed by atoms with Crippen molar-refractivity contribution >= 4 is 10.0 Å². The summed E-state index contributed by atoms with van der Waals surface area (Å²) in [5.74, 6) is 0. The maximum absolute atomic E-state index is 11.2. The van der Waals surface area contributed by atoms with Gasteiger partial charge in [0.15, 0.2) is 0 Å². The smallest absolute Gasteiger partial charge is 0.211 e. The van der Waals surface area contributed by atoms with Gasteiger partial charge in [-0.15, -0.1) is 0 Å². The summed E-state index contributed by atoms with van der Waals surface area (Å²) in [4.78, 5) is 2.14. The summed E-state index contributed by atoms with van der Waals surface area (Å²) in [5.41, 5.74) is 0. The summed E-state index contributed by atoms with van der Waals surface area (Å²) in [6, 6.07) is 0. The van der Waals surface area contributed by atoms with Crippen LogP contribution in [0.2, 0.25) is 0 Å². The van der Waals surface area contributed by atoms with Gasteiger partial charge in [0.25, 0.3) is 0 Å². The van der Waals surface area contributed by atoms with Gasteiger partial charge in [-0.1, -0.05) is 0 Å². The third-order valence-electron chi connectivity index (χ3n) is 2.42. The molecule has 1 fully saturated rings. The molecule has 1 rings (SSSR count). The molecule has 5 nitrogen and oxygen atoms in total. The Labute approximate surface area is 85.4 Å². The third-order valence-corrected chi connectivity index (χ3v) is 3.72. The largest absolute Gasteiger partial charge is 0.301 e. The van der Waals surface area contributed by atoms with E-state index >= 15 is 0 Å². The minimum atomic E-state index is -3.02. The van der Waals surface area contributed by atoms with Gasteiger partial charge in [0.05, 0.1) is 12.9 Å². The van der Waals surface area contributed by atoms with Crippen LogP contribution in [0.3, 0.4) is 0 Å². The molecule has 0 amide bonds. The lowest BCUT2D eigenvalue weighted by Crippen LogP contribution is -2.48. The Balaban J connectivity index is 2.31. The Morgan fingerprint density at radius 3 is 2.14 bits per heavy atom. The van der Waals surface area contributed by atoms with Gasteiger partial charge >= 0.3 is 0 Å². The van der Waals surface area contributed by atoms with Crippen LogP contribution in [0.25, 0.3) is 0 Å². The molecule has 1 radical (unpaired) electrons. The minimum absolute atomic E-state index is 0.0493. The molecule has 83 valence electrons. The van der Waals surface area contributed by atoms with Gasteiger partial charge in [0.1, 0.15) is 0 Å². The highest BCUT2D eigenvalue weighted by Crippen LogP contribution is 2.05. The van der Waals surface area contributed by atoms with Crippen LogP contribution < -0.4 is 0 Å². The normalized spacial score (nSPS) is 21.3. The van der Waals surface area contributed by atoms with Gasteiger partial charge < -0.3 is 4.90 Å². The Kier molecular flexibility index (Phi) is 4.31.